The molecule has 0 unspecified atom stereocenters. The minimum atomic E-state index is -0.931. The molecule has 0 saturated heterocycles. The topological polar surface area (TPSA) is 187 Å². The number of hydrogen-bond donors (Lipinski definition) is 2. The molecule has 0 radical (unpaired) electrons. The van der Waals surface area contributed by atoms with Crippen LogP contribution in [0, 0.1) is 20.2 Å². The summed E-state index contributed by atoms with van der Waals surface area (Å²) in [4.78, 5) is 33.4. The van der Waals surface area contributed by atoms with Gasteiger partial charge in [-0.15, -0.1) is 10.2 Å². The third kappa shape index (κ3) is 3.67. The highest BCUT2D eigenvalue weighted by molar-refractivity contribution is 5.95. The second-order valence-electron chi connectivity index (χ2n) is 7.96. The molecule has 6 aromatic rings. The number of pyridine rings is 1. The lowest BCUT2D eigenvalue weighted by Gasteiger charge is -2.06. The van der Waals surface area contributed by atoms with Crippen molar-refractivity contribution in [3.05, 3.63) is 87.0 Å². The quantitative estimate of drug-likeness (QED) is 0.243. The second kappa shape index (κ2) is 8.20. The number of para-hydroxylation sites is 3. The van der Waals surface area contributed by atoms with E-state index in [0.717, 1.165) is 17.1 Å². The van der Waals surface area contributed by atoms with Gasteiger partial charge in [-0.2, -0.15) is 0 Å². The van der Waals surface area contributed by atoms with Crippen molar-refractivity contribution < 1.29 is 19.4 Å². The van der Waals surface area contributed by atoms with Gasteiger partial charge in [0.1, 0.15) is 5.69 Å². The van der Waals surface area contributed by atoms with Crippen molar-refractivity contribution in [1.29, 1.82) is 0 Å². The number of aromatic nitrogens is 5. The number of phenolic OH excluding ortho intramolecular Hbond substituents is 1. The molecule has 0 aliphatic carbocycles. The number of fused-ring (bicyclic) bond motifs is 2. The summed E-state index contributed by atoms with van der Waals surface area (Å²) in [5.41, 5.74) is 1.39. The number of aromatic hydroxyl groups is 1. The number of nitrogens with one attached hydrogen (secondary N) is 1. The molecule has 180 valence electrons. The van der Waals surface area contributed by atoms with Crippen LogP contribution in [0.2, 0.25) is 0 Å². The zero-order valence-electron chi connectivity index (χ0n) is 18.5. The van der Waals surface area contributed by atoms with Crippen LogP contribution in [-0.2, 0) is 0 Å². The Labute approximate surface area is 205 Å². The van der Waals surface area contributed by atoms with Gasteiger partial charge in [0, 0.05) is 11.5 Å². The van der Waals surface area contributed by atoms with Gasteiger partial charge in [0.2, 0.25) is 11.6 Å². The third-order valence-corrected chi connectivity index (χ3v) is 5.72. The van der Waals surface area contributed by atoms with Crippen molar-refractivity contribution in [3.63, 3.8) is 0 Å². The van der Waals surface area contributed by atoms with E-state index in [1.807, 2.05) is 30.3 Å². The summed E-state index contributed by atoms with van der Waals surface area (Å²) in [6.07, 6.45) is 0. The first-order chi connectivity index (χ1) is 17.9. The Morgan fingerprint density at radius 2 is 1.51 bits per heavy atom. The van der Waals surface area contributed by atoms with Crippen LogP contribution in [0.15, 0.2) is 71.1 Å². The maximum absolute atomic E-state index is 11.3. The molecule has 0 amide bonds. The molecule has 0 fully saturated rings. The lowest BCUT2D eigenvalue weighted by atomic mass is 10.1. The van der Waals surface area contributed by atoms with Gasteiger partial charge in [-0.25, -0.2) is 9.97 Å². The van der Waals surface area contributed by atoms with E-state index in [0.29, 0.717) is 34.1 Å². The maximum atomic E-state index is 11.3. The largest absolute Gasteiger partial charge is 0.502 e. The van der Waals surface area contributed by atoms with E-state index in [1.54, 1.807) is 24.3 Å². The molecular formula is C24H13N7O6. The number of benzene rings is 3. The summed E-state index contributed by atoms with van der Waals surface area (Å²) in [5, 5.41) is 41.7. The molecule has 13 nitrogen and oxygen atoms in total. The molecule has 3 aromatic carbocycles. The zero-order chi connectivity index (χ0) is 25.7. The molecule has 13 heteroatoms. The van der Waals surface area contributed by atoms with E-state index < -0.39 is 27.0 Å². The van der Waals surface area contributed by atoms with Crippen LogP contribution < -0.4 is 0 Å². The smallest absolute Gasteiger partial charge is 0.318 e. The maximum Gasteiger partial charge on any atom is 0.318 e. The Morgan fingerprint density at radius 1 is 0.811 bits per heavy atom. The van der Waals surface area contributed by atoms with Crippen LogP contribution in [0.1, 0.15) is 0 Å². The van der Waals surface area contributed by atoms with Crippen molar-refractivity contribution in [2.75, 3.05) is 0 Å². The standard InChI is InChI=1S/C24H13N7O6/c32-21-15(9-12(30(33)34)10-20(21)31(35)36)24-29-28-23(37-24)14-11-19(25-16-6-2-1-5-13(14)16)22-26-17-7-3-4-8-18(17)27-22/h1-11,32H,(H,26,27). The highest BCUT2D eigenvalue weighted by atomic mass is 16.6. The number of nitro groups is 2. The highest BCUT2D eigenvalue weighted by Gasteiger charge is 2.28. The SMILES string of the molecule is O=[N+]([O-])c1cc(-c2nnc(-c3cc(-c4nc5ccccc5[nH]4)nc4ccccc34)o2)c(O)c([N+](=O)[O-])c1. The first-order valence-electron chi connectivity index (χ1n) is 10.7. The van der Waals surface area contributed by atoms with Crippen LogP contribution in [0.3, 0.4) is 0 Å². The molecule has 3 aromatic heterocycles. The van der Waals surface area contributed by atoms with Crippen molar-refractivity contribution >= 4 is 33.3 Å². The fourth-order valence-corrected chi connectivity index (χ4v) is 4.00. The van der Waals surface area contributed by atoms with Crippen LogP contribution in [0.25, 0.3) is 56.4 Å². The van der Waals surface area contributed by atoms with Gasteiger partial charge in [0.05, 0.1) is 43.6 Å². The van der Waals surface area contributed by atoms with Gasteiger partial charge in [-0.3, -0.25) is 20.2 Å². The van der Waals surface area contributed by atoms with E-state index in [9.17, 15) is 25.3 Å². The molecule has 0 saturated carbocycles. The van der Waals surface area contributed by atoms with Gasteiger partial charge >= 0.3 is 5.69 Å². The van der Waals surface area contributed by atoms with Gasteiger partial charge in [-0.1, -0.05) is 30.3 Å². The fraction of sp³-hybridized carbons (Fsp3) is 0. The van der Waals surface area contributed by atoms with Crippen molar-refractivity contribution in [1.82, 2.24) is 25.1 Å². The molecule has 0 spiro atoms. The Bertz CT molecular complexity index is 1840. The molecule has 3 heterocycles. The molecule has 0 atom stereocenters. The molecule has 37 heavy (non-hydrogen) atoms. The number of phenols is 1. The number of aromatic amines is 1. The third-order valence-electron chi connectivity index (χ3n) is 5.72. The highest BCUT2D eigenvalue weighted by Crippen LogP contribution is 2.41. The van der Waals surface area contributed by atoms with Crippen molar-refractivity contribution in [2.45, 2.75) is 0 Å². The Kier molecular flexibility index (Phi) is 4.83. The monoisotopic (exact) mass is 495 g/mol. The Hall–Kier alpha value is -5.72. The van der Waals surface area contributed by atoms with Gasteiger partial charge in [-0.05, 0) is 24.3 Å². The first kappa shape index (κ1) is 21.8. The average molecular weight is 495 g/mol. The first-order valence-corrected chi connectivity index (χ1v) is 10.7. The summed E-state index contributed by atoms with van der Waals surface area (Å²) in [7, 11) is 0. The predicted octanol–water partition coefficient (Wildman–Crippen LogP) is 5.02. The van der Waals surface area contributed by atoms with E-state index in [4.69, 9.17) is 9.40 Å². The number of non-ortho nitro benzene ring substituents is 1. The molecular weight excluding hydrogens is 482 g/mol. The molecule has 0 aliphatic heterocycles. The number of nitrogens with zero attached hydrogens (tertiary/aromatic N) is 6. The molecule has 0 aliphatic rings. The summed E-state index contributed by atoms with van der Waals surface area (Å²) in [5.74, 6) is -0.627. The Balaban J connectivity index is 1.52. The van der Waals surface area contributed by atoms with E-state index in [1.165, 1.54) is 0 Å². The minimum Gasteiger partial charge on any atom is -0.502 e. The zero-order valence-corrected chi connectivity index (χ0v) is 18.5. The van der Waals surface area contributed by atoms with Crippen molar-refractivity contribution in [3.8, 4) is 40.2 Å². The number of nitro benzene ring substituents is 2. The van der Waals surface area contributed by atoms with Crippen LogP contribution in [-0.4, -0.2) is 40.1 Å². The average Bonchev–Trinajstić information content (AvgIpc) is 3.55. The van der Waals surface area contributed by atoms with Crippen LogP contribution >= 0.6 is 0 Å². The lowest BCUT2D eigenvalue weighted by molar-refractivity contribution is -0.394. The number of rotatable bonds is 5. The summed E-state index contributed by atoms with van der Waals surface area (Å²) in [6.45, 7) is 0. The fourth-order valence-electron chi connectivity index (χ4n) is 4.00. The normalized spacial score (nSPS) is 11.2. The van der Waals surface area contributed by atoms with Gasteiger partial charge in [0.15, 0.2) is 5.82 Å². The summed E-state index contributed by atoms with van der Waals surface area (Å²) >= 11 is 0. The number of hydrogen-bond acceptors (Lipinski definition) is 10. The molecule has 2 N–H and O–H groups in total. The number of H-pyrrole nitrogens is 1. The van der Waals surface area contributed by atoms with E-state index >= 15 is 0 Å². The van der Waals surface area contributed by atoms with Gasteiger partial charge < -0.3 is 14.5 Å². The minimum absolute atomic E-state index is 0.0134. The predicted molar refractivity (Wildman–Crippen MR) is 131 cm³/mol. The summed E-state index contributed by atoms with van der Waals surface area (Å²) < 4.78 is 5.78. The van der Waals surface area contributed by atoms with Gasteiger partial charge in [0.25, 0.3) is 11.6 Å². The van der Waals surface area contributed by atoms with E-state index in [2.05, 4.69) is 20.2 Å². The number of imidazole rings is 1. The van der Waals surface area contributed by atoms with E-state index in [-0.39, 0.29) is 17.3 Å². The second-order valence-corrected chi connectivity index (χ2v) is 7.96. The summed E-state index contributed by atoms with van der Waals surface area (Å²) in [6, 6.07) is 18.1. The van der Waals surface area contributed by atoms with Crippen LogP contribution in [0.4, 0.5) is 11.4 Å². The molecule has 6 rings (SSSR count). The van der Waals surface area contributed by atoms with Crippen LogP contribution in [0.5, 0.6) is 5.75 Å². The molecule has 0 bridgehead atoms. The Morgan fingerprint density at radius 3 is 2.24 bits per heavy atom. The van der Waals surface area contributed by atoms with Crippen molar-refractivity contribution in [2.24, 2.45) is 0 Å². The lowest BCUT2D eigenvalue weighted by Crippen LogP contribution is -1.95.